The first-order valence-corrected chi connectivity index (χ1v) is 8.89. The number of hydrogen-bond donors (Lipinski definition) is 1. The zero-order chi connectivity index (χ0) is 19.3. The summed E-state index contributed by atoms with van der Waals surface area (Å²) in [4.78, 5) is 12.4. The lowest BCUT2D eigenvalue weighted by molar-refractivity contribution is -0.112. The van der Waals surface area contributed by atoms with Gasteiger partial charge in [0.05, 0.1) is 17.8 Å². The van der Waals surface area contributed by atoms with Crippen molar-refractivity contribution in [1.29, 1.82) is 5.26 Å². The Morgan fingerprint density at radius 2 is 1.88 bits per heavy atom. The number of carbonyl (C=O) groups is 1. The minimum absolute atomic E-state index is 0.00579. The van der Waals surface area contributed by atoms with E-state index in [4.69, 9.17) is 9.47 Å². The van der Waals surface area contributed by atoms with Crippen molar-refractivity contribution < 1.29 is 14.3 Å². The van der Waals surface area contributed by atoms with Crippen molar-refractivity contribution in [2.45, 2.75) is 13.8 Å². The molecule has 1 N–H and O–H groups in total. The molecule has 26 heavy (non-hydrogen) atoms. The summed E-state index contributed by atoms with van der Waals surface area (Å²) < 4.78 is 11.4. The Kier molecular flexibility index (Phi) is 6.64. The van der Waals surface area contributed by atoms with E-state index in [0.29, 0.717) is 22.7 Å². The fraction of sp³-hybridized carbons (Fsp3) is 0.200. The van der Waals surface area contributed by atoms with Gasteiger partial charge in [0.1, 0.15) is 11.6 Å². The SMILES string of the molecule is COc1cc(/C=C(\C#N)C(=O)Nc2ccc(C)c(C)c2)cc(I)c1OC. The van der Waals surface area contributed by atoms with Crippen LogP contribution >= 0.6 is 22.6 Å². The van der Waals surface area contributed by atoms with Gasteiger partial charge in [-0.3, -0.25) is 4.79 Å². The standard InChI is InChI=1S/C20H19IN2O3/c1-12-5-6-16(7-13(12)2)23-20(24)15(11-22)8-14-9-17(21)19(26-4)18(10-14)25-3/h5-10H,1-4H3,(H,23,24)/b15-8+. The average molecular weight is 462 g/mol. The quantitative estimate of drug-likeness (QED) is 0.405. The van der Waals surface area contributed by atoms with Crippen molar-refractivity contribution in [3.8, 4) is 17.6 Å². The highest BCUT2D eigenvalue weighted by molar-refractivity contribution is 14.1. The number of halogens is 1. The first-order chi connectivity index (χ1) is 12.4. The Morgan fingerprint density at radius 3 is 2.46 bits per heavy atom. The zero-order valence-corrected chi connectivity index (χ0v) is 17.2. The lowest BCUT2D eigenvalue weighted by Gasteiger charge is -2.11. The fourth-order valence-corrected chi connectivity index (χ4v) is 3.20. The first kappa shape index (κ1) is 19.8. The number of nitrogens with zero attached hydrogens (tertiary/aromatic N) is 1. The predicted molar refractivity (Wildman–Crippen MR) is 110 cm³/mol. The molecule has 2 aromatic carbocycles. The van der Waals surface area contributed by atoms with Crippen LogP contribution in [0.3, 0.4) is 0 Å². The van der Waals surface area contributed by atoms with Gasteiger partial charge in [0.2, 0.25) is 0 Å². The summed E-state index contributed by atoms with van der Waals surface area (Å²) in [5.41, 5.74) is 3.55. The van der Waals surface area contributed by atoms with Crippen LogP contribution in [-0.2, 0) is 4.79 Å². The molecule has 6 heteroatoms. The molecule has 0 saturated carbocycles. The highest BCUT2D eigenvalue weighted by atomic mass is 127. The molecule has 0 unspecified atom stereocenters. The Labute approximate surface area is 166 Å². The van der Waals surface area contributed by atoms with E-state index in [1.807, 2.05) is 44.2 Å². The van der Waals surface area contributed by atoms with Crippen molar-refractivity contribution in [3.05, 3.63) is 56.2 Å². The van der Waals surface area contributed by atoms with Crippen LogP contribution in [0.4, 0.5) is 5.69 Å². The number of ether oxygens (including phenoxy) is 2. The minimum atomic E-state index is -0.458. The van der Waals surface area contributed by atoms with Gasteiger partial charge < -0.3 is 14.8 Å². The van der Waals surface area contributed by atoms with Crippen LogP contribution in [0.5, 0.6) is 11.5 Å². The third kappa shape index (κ3) is 4.55. The van der Waals surface area contributed by atoms with Crippen LogP contribution in [0.1, 0.15) is 16.7 Å². The van der Waals surface area contributed by atoms with E-state index in [9.17, 15) is 10.1 Å². The van der Waals surface area contributed by atoms with Crippen molar-refractivity contribution >= 4 is 40.3 Å². The number of anilines is 1. The Bertz CT molecular complexity index is 914. The molecule has 0 atom stereocenters. The molecular weight excluding hydrogens is 443 g/mol. The maximum atomic E-state index is 12.4. The number of hydrogen-bond acceptors (Lipinski definition) is 4. The third-order valence-corrected chi connectivity index (χ3v) is 4.70. The molecule has 2 rings (SSSR count). The van der Waals surface area contributed by atoms with Gasteiger partial charge in [0, 0.05) is 5.69 Å². The molecule has 134 valence electrons. The largest absolute Gasteiger partial charge is 0.493 e. The van der Waals surface area contributed by atoms with E-state index < -0.39 is 5.91 Å². The number of rotatable bonds is 5. The molecule has 0 fully saturated rings. The van der Waals surface area contributed by atoms with E-state index in [2.05, 4.69) is 27.9 Å². The van der Waals surface area contributed by atoms with E-state index in [-0.39, 0.29) is 5.57 Å². The van der Waals surface area contributed by atoms with Gasteiger partial charge in [0.15, 0.2) is 11.5 Å². The summed E-state index contributed by atoms with van der Waals surface area (Å²) in [5.74, 6) is 0.696. The van der Waals surface area contributed by atoms with E-state index in [1.165, 1.54) is 6.08 Å². The lowest BCUT2D eigenvalue weighted by atomic mass is 10.1. The Morgan fingerprint density at radius 1 is 1.15 bits per heavy atom. The van der Waals surface area contributed by atoms with Crippen molar-refractivity contribution in [2.75, 3.05) is 19.5 Å². The smallest absolute Gasteiger partial charge is 0.266 e. The fourth-order valence-electron chi connectivity index (χ4n) is 2.35. The number of aryl methyl sites for hydroxylation is 2. The first-order valence-electron chi connectivity index (χ1n) is 7.81. The molecule has 1 amide bonds. The van der Waals surface area contributed by atoms with Gasteiger partial charge in [-0.2, -0.15) is 5.26 Å². The minimum Gasteiger partial charge on any atom is -0.493 e. The van der Waals surface area contributed by atoms with Crippen LogP contribution in [0.25, 0.3) is 6.08 Å². The average Bonchev–Trinajstić information content (AvgIpc) is 2.62. The molecule has 0 aliphatic rings. The van der Waals surface area contributed by atoms with Gasteiger partial charge >= 0.3 is 0 Å². The molecule has 0 aliphatic heterocycles. The third-order valence-electron chi connectivity index (χ3n) is 3.90. The molecular formula is C20H19IN2O3. The second-order valence-corrected chi connectivity index (χ2v) is 6.82. The van der Waals surface area contributed by atoms with Crippen molar-refractivity contribution in [3.63, 3.8) is 0 Å². The molecule has 0 aliphatic carbocycles. The number of methoxy groups -OCH3 is 2. The van der Waals surface area contributed by atoms with Gasteiger partial charge in [-0.05, 0) is 83.5 Å². The number of benzene rings is 2. The Balaban J connectivity index is 2.32. The maximum Gasteiger partial charge on any atom is 0.266 e. The highest BCUT2D eigenvalue weighted by Crippen LogP contribution is 2.34. The summed E-state index contributed by atoms with van der Waals surface area (Å²) in [7, 11) is 3.10. The summed E-state index contributed by atoms with van der Waals surface area (Å²) in [6, 6.07) is 11.1. The number of nitriles is 1. The van der Waals surface area contributed by atoms with Crippen LogP contribution in [0.15, 0.2) is 35.9 Å². The molecule has 0 saturated heterocycles. The summed E-state index contributed by atoms with van der Waals surface area (Å²) in [6.45, 7) is 3.97. The van der Waals surface area contributed by atoms with Crippen LogP contribution in [0.2, 0.25) is 0 Å². The summed E-state index contributed by atoms with van der Waals surface area (Å²) >= 11 is 2.12. The molecule has 5 nitrogen and oxygen atoms in total. The summed E-state index contributed by atoms with van der Waals surface area (Å²) in [5, 5.41) is 12.2. The second-order valence-electron chi connectivity index (χ2n) is 5.66. The van der Waals surface area contributed by atoms with Crippen molar-refractivity contribution in [1.82, 2.24) is 0 Å². The number of nitrogens with one attached hydrogen (secondary N) is 1. The molecule has 0 heterocycles. The predicted octanol–water partition coefficient (Wildman–Crippen LogP) is 4.47. The highest BCUT2D eigenvalue weighted by Gasteiger charge is 2.13. The van der Waals surface area contributed by atoms with Crippen molar-refractivity contribution in [2.24, 2.45) is 0 Å². The zero-order valence-electron chi connectivity index (χ0n) is 15.0. The lowest BCUT2D eigenvalue weighted by Crippen LogP contribution is -2.13. The molecule has 2 aromatic rings. The van der Waals surface area contributed by atoms with Gasteiger partial charge in [-0.15, -0.1) is 0 Å². The van der Waals surface area contributed by atoms with Crippen LogP contribution in [-0.4, -0.2) is 20.1 Å². The Hall–Kier alpha value is -2.53. The second kappa shape index (κ2) is 8.72. The van der Waals surface area contributed by atoms with E-state index >= 15 is 0 Å². The van der Waals surface area contributed by atoms with Crippen LogP contribution in [0, 0.1) is 28.7 Å². The monoisotopic (exact) mass is 462 g/mol. The summed E-state index contributed by atoms with van der Waals surface area (Å²) in [6.07, 6.45) is 1.53. The van der Waals surface area contributed by atoms with Gasteiger partial charge in [-0.25, -0.2) is 0 Å². The van der Waals surface area contributed by atoms with Crippen LogP contribution < -0.4 is 14.8 Å². The maximum absolute atomic E-state index is 12.4. The topological polar surface area (TPSA) is 71.3 Å². The number of amides is 1. The molecule has 0 radical (unpaired) electrons. The van der Waals surface area contributed by atoms with E-state index in [0.717, 1.165) is 14.7 Å². The molecule has 0 aromatic heterocycles. The molecule has 0 bridgehead atoms. The van der Waals surface area contributed by atoms with Gasteiger partial charge in [-0.1, -0.05) is 6.07 Å². The van der Waals surface area contributed by atoms with Gasteiger partial charge in [0.25, 0.3) is 5.91 Å². The normalized spacial score (nSPS) is 10.8. The van der Waals surface area contributed by atoms with E-state index in [1.54, 1.807) is 20.3 Å². The molecule has 0 spiro atoms. The number of carbonyl (C=O) groups excluding carboxylic acids is 1.